The van der Waals surface area contributed by atoms with Gasteiger partial charge in [0.25, 0.3) is 0 Å². The van der Waals surface area contributed by atoms with E-state index in [2.05, 4.69) is 11.6 Å². The van der Waals surface area contributed by atoms with Gasteiger partial charge in [0.2, 0.25) is 0 Å². The van der Waals surface area contributed by atoms with Gasteiger partial charge in [0.1, 0.15) is 19.1 Å². The van der Waals surface area contributed by atoms with Gasteiger partial charge in [0, 0.05) is 16.8 Å². The lowest BCUT2D eigenvalue weighted by Gasteiger charge is -2.19. The molecule has 0 aliphatic heterocycles. The van der Waals surface area contributed by atoms with Crippen LogP contribution in [-0.4, -0.2) is 18.3 Å². The van der Waals surface area contributed by atoms with Gasteiger partial charge >= 0.3 is 0 Å². The summed E-state index contributed by atoms with van der Waals surface area (Å²) in [6.07, 6.45) is 3.02. The monoisotopic (exact) mass is 407 g/mol. The van der Waals surface area contributed by atoms with Gasteiger partial charge in [-0.2, -0.15) is 0 Å². The normalized spacial score (nSPS) is 13.4. The lowest BCUT2D eigenvalue weighted by Crippen LogP contribution is -2.07. The van der Waals surface area contributed by atoms with Crippen LogP contribution in [0.4, 0.5) is 4.39 Å². The van der Waals surface area contributed by atoms with Gasteiger partial charge < -0.3 is 9.30 Å². The Balaban J connectivity index is 2.17. The molecule has 0 saturated heterocycles. The first-order valence-electron chi connectivity index (χ1n) is 8.51. The third-order valence-corrected chi connectivity index (χ3v) is 5.91. The molecule has 1 aromatic heterocycles. The van der Waals surface area contributed by atoms with Crippen molar-refractivity contribution in [2.24, 2.45) is 0 Å². The molecule has 0 saturated carbocycles. The first-order chi connectivity index (χ1) is 12.5. The number of aromatic nitrogens is 1. The molecule has 1 unspecified atom stereocenters. The number of hydrogen-bond acceptors (Lipinski definition) is 3. The van der Waals surface area contributed by atoms with Crippen molar-refractivity contribution in [3.8, 4) is 0 Å². The third-order valence-electron chi connectivity index (χ3n) is 4.21. The van der Waals surface area contributed by atoms with E-state index < -0.39 is 13.2 Å². The molecule has 6 heteroatoms. The Morgan fingerprint density at radius 3 is 2.56 bits per heavy atom. The molecular weight excluding hydrogens is 384 g/mol. The van der Waals surface area contributed by atoms with Gasteiger partial charge in [0.15, 0.2) is 0 Å². The Morgan fingerprint density at radius 2 is 2.00 bits per heavy atom. The predicted octanol–water partition coefficient (Wildman–Crippen LogP) is 6.13. The largest absolute Gasteiger partial charge is 0.491 e. The van der Waals surface area contributed by atoms with E-state index >= 15 is 0 Å². The Bertz CT molecular complexity index is 932. The van der Waals surface area contributed by atoms with Gasteiger partial charge in [-0.05, 0) is 75.1 Å². The van der Waals surface area contributed by atoms with Gasteiger partial charge in [-0.1, -0.05) is 24.2 Å². The highest BCUT2D eigenvalue weighted by atomic mass is 35.5. The second-order valence-corrected chi connectivity index (χ2v) is 10.4. The zero-order valence-corrected chi connectivity index (χ0v) is 17.9. The van der Waals surface area contributed by atoms with Crippen LogP contribution in [-0.2, 0) is 9.30 Å². The number of rotatable bonds is 6. The van der Waals surface area contributed by atoms with Crippen molar-refractivity contribution in [2.75, 3.05) is 13.3 Å². The summed E-state index contributed by atoms with van der Waals surface area (Å²) in [5, 5.41) is 0.469. The van der Waals surface area contributed by atoms with E-state index in [0.717, 1.165) is 5.56 Å². The lowest BCUT2D eigenvalue weighted by molar-refractivity contribution is 0.134. The van der Waals surface area contributed by atoms with Crippen molar-refractivity contribution in [2.45, 2.75) is 26.9 Å². The molecule has 0 aliphatic carbocycles. The summed E-state index contributed by atoms with van der Waals surface area (Å²) in [5.74, 6) is 0.305. The highest BCUT2D eigenvalue weighted by Crippen LogP contribution is 2.34. The zero-order valence-electron chi connectivity index (χ0n) is 16.2. The quantitative estimate of drug-likeness (QED) is 0.328. The molecule has 3 nitrogen and oxygen atoms in total. The summed E-state index contributed by atoms with van der Waals surface area (Å²) in [7, 11) is -2.39. The second kappa shape index (κ2) is 8.41. The maximum absolute atomic E-state index is 13.8. The molecule has 144 valence electrons. The van der Waals surface area contributed by atoms with Crippen LogP contribution < -0.4 is 5.44 Å². The number of allylic oxidation sites excluding steroid dienone is 3. The molecular formula is C21H24ClFNO2P. The first-order valence-corrected chi connectivity index (χ1v) is 11.5. The van der Waals surface area contributed by atoms with E-state index in [0.29, 0.717) is 32.9 Å². The minimum absolute atomic E-state index is 0.314. The minimum Gasteiger partial charge on any atom is -0.491 e. The maximum Gasteiger partial charge on any atom is 0.127 e. The van der Waals surface area contributed by atoms with E-state index in [1.807, 2.05) is 13.0 Å². The van der Waals surface area contributed by atoms with Crippen LogP contribution in [0.25, 0.3) is 5.57 Å². The van der Waals surface area contributed by atoms with Gasteiger partial charge in [-0.3, -0.25) is 4.98 Å². The van der Waals surface area contributed by atoms with Gasteiger partial charge in [-0.15, -0.1) is 0 Å². The van der Waals surface area contributed by atoms with Crippen molar-refractivity contribution in [1.29, 1.82) is 0 Å². The van der Waals surface area contributed by atoms with Crippen molar-refractivity contribution < 1.29 is 13.7 Å². The fraction of sp³-hybridized carbons (Fsp3) is 0.286. The molecule has 1 atom stereocenters. The smallest absolute Gasteiger partial charge is 0.127 e. The van der Waals surface area contributed by atoms with Crippen LogP contribution in [0.3, 0.4) is 0 Å². The fourth-order valence-corrected chi connectivity index (χ4v) is 3.89. The number of halogens is 2. The van der Waals surface area contributed by atoms with Crippen LogP contribution in [0.1, 0.15) is 36.6 Å². The highest BCUT2D eigenvalue weighted by Gasteiger charge is 2.17. The van der Waals surface area contributed by atoms with E-state index in [9.17, 15) is 8.96 Å². The SMILES string of the molecule is C=C(C=C(C)OC(C)c1c(Cl)ccc(F)c1C)c1ccc(P(C)(C)=O)nc1. The molecule has 27 heavy (non-hydrogen) atoms. The number of ether oxygens (including phenoxy) is 1. The summed E-state index contributed by atoms with van der Waals surface area (Å²) in [6, 6.07) is 6.47. The van der Waals surface area contributed by atoms with Gasteiger partial charge in [0.05, 0.1) is 11.2 Å². The van der Waals surface area contributed by atoms with Crippen LogP contribution in [0.2, 0.25) is 5.02 Å². The van der Waals surface area contributed by atoms with Crippen LogP contribution in [0.15, 0.2) is 48.9 Å². The van der Waals surface area contributed by atoms with E-state index in [-0.39, 0.29) is 5.82 Å². The summed E-state index contributed by atoms with van der Waals surface area (Å²) in [6.45, 7) is 12.7. The molecule has 0 amide bonds. The van der Waals surface area contributed by atoms with Crippen LogP contribution >= 0.6 is 18.7 Å². The summed E-state index contributed by atoms with van der Waals surface area (Å²) in [4.78, 5) is 4.27. The molecule has 1 aromatic carbocycles. The van der Waals surface area contributed by atoms with Crippen molar-refractivity contribution in [1.82, 2.24) is 4.98 Å². The van der Waals surface area contributed by atoms with Crippen molar-refractivity contribution in [3.05, 3.63) is 76.4 Å². The summed E-state index contributed by atoms with van der Waals surface area (Å²) < 4.78 is 31.8. The standard InChI is InChI=1S/C21H24ClFNO2P/c1-13(17-7-10-20(24-12-17)27(5,6)25)11-14(2)26-16(4)21-15(3)19(23)9-8-18(21)22/h7-12,16H,1H2,2-6H3. The number of benzene rings is 1. The van der Waals surface area contributed by atoms with Crippen LogP contribution in [0.5, 0.6) is 0 Å². The van der Waals surface area contributed by atoms with E-state index in [1.54, 1.807) is 45.5 Å². The molecule has 0 spiro atoms. The van der Waals surface area contributed by atoms with E-state index in [1.165, 1.54) is 12.1 Å². The van der Waals surface area contributed by atoms with Crippen molar-refractivity contribution in [3.63, 3.8) is 0 Å². The number of nitrogens with zero attached hydrogens (tertiary/aromatic N) is 1. The predicted molar refractivity (Wildman–Crippen MR) is 112 cm³/mol. The molecule has 2 aromatic rings. The fourth-order valence-electron chi connectivity index (χ4n) is 2.76. The molecule has 0 aliphatic rings. The average molecular weight is 408 g/mol. The number of hydrogen-bond donors (Lipinski definition) is 0. The minimum atomic E-state index is -2.39. The molecule has 0 bridgehead atoms. The Kier molecular flexibility index (Phi) is 6.67. The molecule has 0 fully saturated rings. The molecule has 0 radical (unpaired) electrons. The molecule has 2 rings (SSSR count). The maximum atomic E-state index is 13.8. The molecule has 1 heterocycles. The number of pyridine rings is 1. The Morgan fingerprint density at radius 1 is 1.33 bits per heavy atom. The van der Waals surface area contributed by atoms with Crippen LogP contribution in [0, 0.1) is 12.7 Å². The van der Waals surface area contributed by atoms with Crippen molar-refractivity contribution >= 4 is 29.8 Å². The second-order valence-electron chi connectivity index (χ2n) is 6.86. The average Bonchev–Trinajstić information content (AvgIpc) is 2.57. The third kappa shape index (κ3) is 5.31. The summed E-state index contributed by atoms with van der Waals surface area (Å²) >= 11 is 6.22. The topological polar surface area (TPSA) is 39.2 Å². The summed E-state index contributed by atoms with van der Waals surface area (Å²) in [5.41, 5.74) is 3.21. The Labute approximate surface area is 165 Å². The lowest BCUT2D eigenvalue weighted by atomic mass is 10.0. The first kappa shape index (κ1) is 21.4. The Hall–Kier alpha value is -1.90. The molecule has 0 N–H and O–H groups in total. The zero-order chi connectivity index (χ0) is 20.4. The van der Waals surface area contributed by atoms with Gasteiger partial charge in [-0.25, -0.2) is 4.39 Å². The highest BCUT2D eigenvalue weighted by molar-refractivity contribution is 7.69. The van der Waals surface area contributed by atoms with E-state index in [4.69, 9.17) is 16.3 Å².